The van der Waals surface area contributed by atoms with Crippen molar-refractivity contribution in [3.63, 3.8) is 0 Å². The van der Waals surface area contributed by atoms with Crippen molar-refractivity contribution in [1.29, 1.82) is 0 Å². The average Bonchev–Trinajstić information content (AvgIpc) is 2.97. The van der Waals surface area contributed by atoms with Gasteiger partial charge in [0, 0.05) is 0 Å². The molecule has 2 atom stereocenters. The molecule has 2 N–H and O–H groups in total. The van der Waals surface area contributed by atoms with Crippen LogP contribution in [-0.4, -0.2) is 27.6 Å². The monoisotopic (exact) mass is 252 g/mol. The summed E-state index contributed by atoms with van der Waals surface area (Å²) >= 11 is 0. The Labute approximate surface area is 109 Å². The van der Waals surface area contributed by atoms with E-state index in [0.717, 1.165) is 11.0 Å². The fourth-order valence-corrected chi connectivity index (χ4v) is 2.57. The number of rotatable bonds is 0. The summed E-state index contributed by atoms with van der Waals surface area (Å²) in [7, 11) is 0. The highest BCUT2D eigenvalue weighted by molar-refractivity contribution is 5.93. The van der Waals surface area contributed by atoms with Crippen LogP contribution in [0.15, 0.2) is 58.4 Å². The van der Waals surface area contributed by atoms with Crippen LogP contribution in [0, 0.1) is 0 Å². The van der Waals surface area contributed by atoms with E-state index in [1.165, 1.54) is 0 Å². The first kappa shape index (κ1) is 10.4. The summed E-state index contributed by atoms with van der Waals surface area (Å²) in [5, 5.41) is 3.28. The second-order valence-electron chi connectivity index (χ2n) is 4.67. The van der Waals surface area contributed by atoms with Gasteiger partial charge in [0.1, 0.15) is 0 Å². The number of fused-ring (bicyclic) bond motifs is 2. The lowest BCUT2D eigenvalue weighted by atomic mass is 10.1. The molecule has 1 aromatic carbocycles. The van der Waals surface area contributed by atoms with Crippen molar-refractivity contribution in [3.05, 3.63) is 59.1 Å². The Morgan fingerprint density at radius 3 is 2.89 bits per heavy atom. The normalized spacial score (nSPS) is 24.3. The van der Waals surface area contributed by atoms with E-state index in [4.69, 9.17) is 0 Å². The Hall–Kier alpha value is -2.56. The van der Waals surface area contributed by atoms with Gasteiger partial charge < -0.3 is 10.3 Å². The molecule has 2 aromatic rings. The summed E-state index contributed by atoms with van der Waals surface area (Å²) in [6, 6.07) is 7.81. The number of H-pyrrole nitrogens is 1. The van der Waals surface area contributed by atoms with Crippen LogP contribution >= 0.6 is 0 Å². The molecule has 1 aliphatic heterocycles. The maximum absolute atomic E-state index is 12.1. The Morgan fingerprint density at radius 1 is 1.16 bits per heavy atom. The van der Waals surface area contributed by atoms with E-state index >= 15 is 0 Å². The molecule has 0 amide bonds. The van der Waals surface area contributed by atoms with Crippen molar-refractivity contribution < 1.29 is 0 Å². The third-order valence-corrected chi connectivity index (χ3v) is 3.47. The lowest BCUT2D eigenvalue weighted by Crippen LogP contribution is -2.39. The number of aromatic amines is 1. The van der Waals surface area contributed by atoms with Crippen molar-refractivity contribution >= 4 is 17.0 Å². The molecule has 5 heteroatoms. The predicted octanol–water partition coefficient (Wildman–Crippen LogP) is 1.00. The first-order valence-electron chi connectivity index (χ1n) is 6.22. The lowest BCUT2D eigenvalue weighted by Gasteiger charge is -2.13. The van der Waals surface area contributed by atoms with Crippen molar-refractivity contribution in [2.45, 2.75) is 12.1 Å². The largest absolute Gasteiger partial charge is 0.347 e. The number of benzene rings is 1. The molecule has 1 aliphatic carbocycles. The summed E-state index contributed by atoms with van der Waals surface area (Å²) in [6.07, 6.45) is 8.06. The number of aliphatic imine (C=N–C) groups is 1. The number of nitrogens with one attached hydrogen (secondary N) is 2. The summed E-state index contributed by atoms with van der Waals surface area (Å²) in [6.45, 7) is 0. The number of hydrogen-bond acceptors (Lipinski definition) is 3. The second-order valence-corrected chi connectivity index (χ2v) is 4.67. The zero-order valence-corrected chi connectivity index (χ0v) is 10.1. The van der Waals surface area contributed by atoms with E-state index in [9.17, 15) is 4.79 Å². The topological polar surface area (TPSA) is 62.2 Å². The molecular weight excluding hydrogens is 240 g/mol. The van der Waals surface area contributed by atoms with Crippen LogP contribution in [0.3, 0.4) is 0 Å². The molecule has 0 fully saturated rings. The molecule has 2 unspecified atom stereocenters. The quantitative estimate of drug-likeness (QED) is 0.734. The standard InChI is InChI=1S/C14H12N4O/c19-14-17-11-7-3-4-8-12(11)18(14)13-15-9-5-1-2-6-10(9)16-13/h1-10H,(H,15,16)(H,17,19). The van der Waals surface area contributed by atoms with Gasteiger partial charge in [-0.3, -0.25) is 0 Å². The molecule has 0 spiro atoms. The molecule has 0 saturated carbocycles. The molecule has 0 radical (unpaired) electrons. The molecular formula is C14H12N4O. The SMILES string of the molecule is O=c1[nH]c2ccccc2n1C1=NC2C=CC=CC2N1. The van der Waals surface area contributed by atoms with Crippen LogP contribution in [-0.2, 0) is 0 Å². The zero-order valence-electron chi connectivity index (χ0n) is 10.1. The Kier molecular flexibility index (Phi) is 2.03. The van der Waals surface area contributed by atoms with Crippen LogP contribution in [0.1, 0.15) is 0 Å². The number of para-hydroxylation sites is 2. The van der Waals surface area contributed by atoms with Gasteiger partial charge in [0.2, 0.25) is 5.96 Å². The summed E-state index contributed by atoms with van der Waals surface area (Å²) in [5.41, 5.74) is 1.49. The fraction of sp³-hybridized carbons (Fsp3) is 0.143. The molecule has 2 heterocycles. The van der Waals surface area contributed by atoms with E-state index in [1.807, 2.05) is 42.5 Å². The van der Waals surface area contributed by atoms with Crippen molar-refractivity contribution in [1.82, 2.24) is 14.9 Å². The minimum absolute atomic E-state index is 0.0700. The molecule has 0 saturated heterocycles. The minimum Gasteiger partial charge on any atom is -0.347 e. The smallest absolute Gasteiger partial charge is 0.333 e. The van der Waals surface area contributed by atoms with Crippen LogP contribution in [0.4, 0.5) is 0 Å². The van der Waals surface area contributed by atoms with E-state index < -0.39 is 0 Å². The maximum Gasteiger partial charge on any atom is 0.333 e. The number of allylic oxidation sites excluding steroid dienone is 2. The van der Waals surface area contributed by atoms with Gasteiger partial charge in [0.25, 0.3) is 0 Å². The molecule has 0 bridgehead atoms. The van der Waals surface area contributed by atoms with Gasteiger partial charge in [-0.05, 0) is 12.1 Å². The zero-order chi connectivity index (χ0) is 12.8. The third-order valence-electron chi connectivity index (χ3n) is 3.47. The van der Waals surface area contributed by atoms with Gasteiger partial charge in [-0.2, -0.15) is 0 Å². The predicted molar refractivity (Wildman–Crippen MR) is 74.4 cm³/mol. The van der Waals surface area contributed by atoms with Crippen LogP contribution in [0.2, 0.25) is 0 Å². The average molecular weight is 252 g/mol. The number of aromatic nitrogens is 2. The van der Waals surface area contributed by atoms with E-state index in [2.05, 4.69) is 21.4 Å². The minimum atomic E-state index is -0.168. The van der Waals surface area contributed by atoms with E-state index in [0.29, 0.717) is 5.96 Å². The lowest BCUT2D eigenvalue weighted by molar-refractivity contribution is 0.692. The molecule has 2 aliphatic rings. The van der Waals surface area contributed by atoms with Gasteiger partial charge in [-0.25, -0.2) is 14.4 Å². The molecule has 4 rings (SSSR count). The van der Waals surface area contributed by atoms with Crippen LogP contribution < -0.4 is 11.0 Å². The van der Waals surface area contributed by atoms with Crippen molar-refractivity contribution in [2.24, 2.45) is 4.99 Å². The second kappa shape index (κ2) is 3.71. The molecule has 19 heavy (non-hydrogen) atoms. The van der Waals surface area contributed by atoms with Gasteiger partial charge in [-0.15, -0.1) is 0 Å². The highest BCUT2D eigenvalue weighted by Gasteiger charge is 2.28. The highest BCUT2D eigenvalue weighted by Crippen LogP contribution is 2.16. The van der Waals surface area contributed by atoms with Crippen molar-refractivity contribution in [2.75, 3.05) is 0 Å². The Balaban J connectivity index is 1.88. The highest BCUT2D eigenvalue weighted by atomic mass is 16.1. The van der Waals surface area contributed by atoms with E-state index in [1.54, 1.807) is 4.57 Å². The fourth-order valence-electron chi connectivity index (χ4n) is 2.57. The number of hydrogen-bond donors (Lipinski definition) is 2. The summed E-state index contributed by atoms with van der Waals surface area (Å²) in [4.78, 5) is 19.5. The first-order valence-corrected chi connectivity index (χ1v) is 6.22. The molecule has 94 valence electrons. The Morgan fingerprint density at radius 2 is 2.00 bits per heavy atom. The van der Waals surface area contributed by atoms with Crippen LogP contribution in [0.5, 0.6) is 0 Å². The Bertz CT molecular complexity index is 793. The number of nitrogens with zero attached hydrogens (tertiary/aromatic N) is 2. The van der Waals surface area contributed by atoms with Gasteiger partial charge in [0.15, 0.2) is 0 Å². The first-order chi connectivity index (χ1) is 9.33. The van der Waals surface area contributed by atoms with Gasteiger partial charge in [-0.1, -0.05) is 36.4 Å². The summed E-state index contributed by atoms with van der Waals surface area (Å²) in [5.74, 6) is 0.605. The van der Waals surface area contributed by atoms with E-state index in [-0.39, 0.29) is 17.8 Å². The molecule has 5 nitrogen and oxygen atoms in total. The summed E-state index contributed by atoms with van der Waals surface area (Å²) < 4.78 is 1.59. The van der Waals surface area contributed by atoms with Crippen LogP contribution in [0.25, 0.3) is 11.0 Å². The van der Waals surface area contributed by atoms with Gasteiger partial charge >= 0.3 is 5.69 Å². The number of imidazole rings is 1. The maximum atomic E-state index is 12.1. The van der Waals surface area contributed by atoms with Crippen molar-refractivity contribution in [3.8, 4) is 0 Å². The molecule has 1 aromatic heterocycles. The van der Waals surface area contributed by atoms with Gasteiger partial charge in [0.05, 0.1) is 23.1 Å². The third kappa shape index (κ3) is 1.48.